The first-order chi connectivity index (χ1) is 16.6. The molecule has 0 spiro atoms. The molecule has 9 heteroatoms. The summed E-state index contributed by atoms with van der Waals surface area (Å²) in [4.78, 5) is 14.4. The minimum Gasteiger partial charge on any atom is -0.497 e. The molecule has 4 rings (SSSR count). The van der Waals surface area contributed by atoms with Crippen molar-refractivity contribution < 1.29 is 27.8 Å². The fourth-order valence-electron chi connectivity index (χ4n) is 4.43. The molecule has 0 bridgehead atoms. The van der Waals surface area contributed by atoms with Crippen LogP contribution in [-0.4, -0.2) is 74.6 Å². The quantitative estimate of drug-likeness (QED) is 0.625. The van der Waals surface area contributed by atoms with Crippen LogP contribution < -0.4 is 9.47 Å². The van der Waals surface area contributed by atoms with E-state index in [1.165, 1.54) is 4.31 Å². The Labute approximate surface area is 207 Å². The second-order valence-corrected chi connectivity index (χ2v) is 11.5. The van der Waals surface area contributed by atoms with Crippen LogP contribution in [0.3, 0.4) is 0 Å². The number of ether oxygens (including phenoxy) is 2. The van der Waals surface area contributed by atoms with Crippen molar-refractivity contribution in [3.8, 4) is 22.6 Å². The number of benzene rings is 2. The number of likely N-dealkylation sites (N-methyl/N-ethyl adjacent to an activating group) is 1. The molecule has 1 saturated carbocycles. The number of hydrogen-bond donors (Lipinski definition) is 1. The number of methoxy groups -OCH3 is 1. The highest BCUT2D eigenvalue weighted by Crippen LogP contribution is 2.37. The maximum absolute atomic E-state index is 13.7. The number of carbonyl (C=O) groups is 1. The maximum Gasteiger partial charge on any atom is 0.247 e. The molecule has 0 saturated heterocycles. The lowest BCUT2D eigenvalue weighted by Crippen LogP contribution is -2.50. The molecular formula is C26H34N2O6S. The van der Waals surface area contributed by atoms with Crippen LogP contribution in [0.25, 0.3) is 11.1 Å². The van der Waals surface area contributed by atoms with E-state index in [2.05, 4.69) is 0 Å². The Morgan fingerprint density at radius 3 is 2.60 bits per heavy atom. The van der Waals surface area contributed by atoms with Gasteiger partial charge in [0.05, 0.1) is 20.3 Å². The molecule has 1 N–H and O–H groups in total. The van der Waals surface area contributed by atoms with Gasteiger partial charge in [0.1, 0.15) is 22.5 Å². The molecule has 2 aromatic carbocycles. The van der Waals surface area contributed by atoms with Gasteiger partial charge in [0.25, 0.3) is 0 Å². The SMILES string of the molecule is COc1cccc(-c2ccc3c(c2)O[C@H](CN(C)C(=O)C2CC2)[C@H](C)CN([C@@H](C)CO)S3(=O)=O)c1. The van der Waals surface area contributed by atoms with Gasteiger partial charge >= 0.3 is 0 Å². The van der Waals surface area contributed by atoms with E-state index in [4.69, 9.17) is 9.47 Å². The highest BCUT2D eigenvalue weighted by atomic mass is 32.2. The van der Waals surface area contributed by atoms with Crippen molar-refractivity contribution >= 4 is 15.9 Å². The molecule has 1 amide bonds. The molecule has 2 aromatic rings. The van der Waals surface area contributed by atoms with Gasteiger partial charge in [0.2, 0.25) is 15.9 Å². The number of carbonyl (C=O) groups excluding carboxylic acids is 1. The zero-order chi connectivity index (χ0) is 25.3. The molecule has 0 radical (unpaired) electrons. The number of aliphatic hydroxyl groups is 1. The monoisotopic (exact) mass is 502 g/mol. The summed E-state index contributed by atoms with van der Waals surface area (Å²) in [6.45, 7) is 3.84. The summed E-state index contributed by atoms with van der Waals surface area (Å²) in [6.07, 6.45) is 1.40. The molecule has 1 fully saturated rings. The van der Waals surface area contributed by atoms with Crippen LogP contribution in [0.5, 0.6) is 11.5 Å². The zero-order valence-electron chi connectivity index (χ0n) is 20.7. The maximum atomic E-state index is 13.7. The number of fused-ring (bicyclic) bond motifs is 1. The molecule has 1 heterocycles. The van der Waals surface area contributed by atoms with E-state index in [1.807, 2.05) is 31.2 Å². The number of amides is 1. The van der Waals surface area contributed by atoms with Gasteiger partial charge in [-0.05, 0) is 55.2 Å². The number of nitrogens with zero attached hydrogens (tertiary/aromatic N) is 2. The molecule has 8 nitrogen and oxygen atoms in total. The molecule has 3 atom stereocenters. The van der Waals surface area contributed by atoms with Gasteiger partial charge < -0.3 is 19.5 Å². The first kappa shape index (κ1) is 25.5. The lowest BCUT2D eigenvalue weighted by atomic mass is 10.0. The van der Waals surface area contributed by atoms with Gasteiger partial charge in [-0.25, -0.2) is 8.42 Å². The van der Waals surface area contributed by atoms with E-state index in [0.29, 0.717) is 12.3 Å². The van der Waals surface area contributed by atoms with E-state index < -0.39 is 22.2 Å². The van der Waals surface area contributed by atoms with Crippen LogP contribution in [0, 0.1) is 11.8 Å². The number of sulfonamides is 1. The number of aliphatic hydroxyl groups excluding tert-OH is 1. The van der Waals surface area contributed by atoms with E-state index in [0.717, 1.165) is 24.0 Å². The smallest absolute Gasteiger partial charge is 0.247 e. The molecule has 0 unspecified atom stereocenters. The van der Waals surface area contributed by atoms with Gasteiger partial charge in [-0.1, -0.05) is 25.1 Å². The summed E-state index contributed by atoms with van der Waals surface area (Å²) in [5, 5.41) is 9.81. The predicted molar refractivity (Wildman–Crippen MR) is 133 cm³/mol. The third-order valence-corrected chi connectivity index (χ3v) is 8.85. The van der Waals surface area contributed by atoms with Crippen LogP contribution in [-0.2, 0) is 14.8 Å². The topological polar surface area (TPSA) is 96.4 Å². The molecule has 1 aliphatic carbocycles. The summed E-state index contributed by atoms with van der Waals surface area (Å²) in [6, 6.07) is 12.0. The molecular weight excluding hydrogens is 468 g/mol. The van der Waals surface area contributed by atoms with E-state index >= 15 is 0 Å². The normalized spacial score (nSPS) is 22.8. The average Bonchev–Trinajstić information content (AvgIpc) is 3.70. The summed E-state index contributed by atoms with van der Waals surface area (Å²) in [7, 11) is -0.561. The second kappa shape index (κ2) is 10.2. The second-order valence-electron chi connectivity index (χ2n) is 9.63. The number of hydrogen-bond acceptors (Lipinski definition) is 6. The minimum absolute atomic E-state index is 0.0533. The third-order valence-electron chi connectivity index (χ3n) is 6.83. The first-order valence-corrected chi connectivity index (χ1v) is 13.4. The zero-order valence-corrected chi connectivity index (χ0v) is 21.5. The molecule has 2 aliphatic rings. The highest BCUT2D eigenvalue weighted by Gasteiger charge is 2.39. The summed E-state index contributed by atoms with van der Waals surface area (Å²) < 4.78 is 40.4. The van der Waals surface area contributed by atoms with Crippen LogP contribution >= 0.6 is 0 Å². The van der Waals surface area contributed by atoms with E-state index in [1.54, 1.807) is 44.2 Å². The molecule has 35 heavy (non-hydrogen) atoms. The fraction of sp³-hybridized carbons (Fsp3) is 0.500. The van der Waals surface area contributed by atoms with Crippen molar-refractivity contribution in [1.29, 1.82) is 0 Å². The van der Waals surface area contributed by atoms with Crippen molar-refractivity contribution in [2.45, 2.75) is 43.7 Å². The fourth-order valence-corrected chi connectivity index (χ4v) is 6.25. The Morgan fingerprint density at radius 2 is 1.94 bits per heavy atom. The Morgan fingerprint density at radius 1 is 1.23 bits per heavy atom. The van der Waals surface area contributed by atoms with Gasteiger partial charge in [0.15, 0.2) is 0 Å². The van der Waals surface area contributed by atoms with Crippen molar-refractivity contribution in [1.82, 2.24) is 9.21 Å². The Hall–Kier alpha value is -2.62. The van der Waals surface area contributed by atoms with Crippen LogP contribution in [0.2, 0.25) is 0 Å². The lowest BCUT2D eigenvalue weighted by molar-refractivity contribution is -0.132. The van der Waals surface area contributed by atoms with Crippen LogP contribution in [0.15, 0.2) is 47.4 Å². The minimum atomic E-state index is -3.93. The average molecular weight is 503 g/mol. The third kappa shape index (κ3) is 5.32. The summed E-state index contributed by atoms with van der Waals surface area (Å²) in [5.74, 6) is 0.895. The van der Waals surface area contributed by atoms with Crippen molar-refractivity contribution in [3.05, 3.63) is 42.5 Å². The lowest BCUT2D eigenvalue weighted by Gasteiger charge is -2.37. The molecule has 1 aliphatic heterocycles. The molecule has 190 valence electrons. The van der Waals surface area contributed by atoms with E-state index in [-0.39, 0.29) is 41.5 Å². The van der Waals surface area contributed by atoms with E-state index in [9.17, 15) is 18.3 Å². The van der Waals surface area contributed by atoms with Gasteiger partial charge in [-0.2, -0.15) is 4.31 Å². The molecule has 0 aromatic heterocycles. The van der Waals surface area contributed by atoms with Gasteiger partial charge in [-0.3, -0.25) is 4.79 Å². The standard InChI is InChI=1S/C26H34N2O6S/c1-17-14-28(18(2)16-29)35(31,32)25-11-10-21(20-6-5-7-22(12-20)33-4)13-23(25)34-24(17)15-27(3)26(30)19-8-9-19/h5-7,10-13,17-19,24,29H,8-9,14-16H2,1-4H3/t17-,18+,24-/m1/s1. The van der Waals surface area contributed by atoms with Crippen LogP contribution in [0.4, 0.5) is 0 Å². The van der Waals surface area contributed by atoms with Crippen molar-refractivity contribution in [2.75, 3.05) is 33.9 Å². The van der Waals surface area contributed by atoms with Crippen molar-refractivity contribution in [2.24, 2.45) is 11.8 Å². The Balaban J connectivity index is 1.77. The van der Waals surface area contributed by atoms with Crippen LogP contribution in [0.1, 0.15) is 26.7 Å². The summed E-state index contributed by atoms with van der Waals surface area (Å²) in [5.41, 5.74) is 1.65. The summed E-state index contributed by atoms with van der Waals surface area (Å²) >= 11 is 0. The largest absolute Gasteiger partial charge is 0.497 e. The Bertz CT molecular complexity index is 1180. The van der Waals surface area contributed by atoms with Crippen molar-refractivity contribution in [3.63, 3.8) is 0 Å². The van der Waals surface area contributed by atoms with Gasteiger partial charge in [-0.15, -0.1) is 0 Å². The van der Waals surface area contributed by atoms with Gasteiger partial charge in [0, 0.05) is 31.5 Å². The Kier molecular flexibility index (Phi) is 7.40. The first-order valence-electron chi connectivity index (χ1n) is 12.0. The predicted octanol–water partition coefficient (Wildman–Crippen LogP) is 3.00. The number of rotatable bonds is 7. The highest BCUT2D eigenvalue weighted by molar-refractivity contribution is 7.89.